The largest absolute Gasteiger partial charge is 0.445 e. The second-order valence-electron chi connectivity index (χ2n) is 8.49. The first-order valence-corrected chi connectivity index (χ1v) is 9.75. The van der Waals surface area contributed by atoms with Gasteiger partial charge in [-0.2, -0.15) is 0 Å². The van der Waals surface area contributed by atoms with Crippen LogP contribution in [0.25, 0.3) is 0 Å². The highest BCUT2D eigenvalue weighted by atomic mass is 16.6. The van der Waals surface area contributed by atoms with Gasteiger partial charge < -0.3 is 19.3 Å². The van der Waals surface area contributed by atoms with Crippen molar-refractivity contribution in [2.45, 2.75) is 64.2 Å². The lowest BCUT2D eigenvalue weighted by Gasteiger charge is -2.44. The molecule has 0 aliphatic carbocycles. The summed E-state index contributed by atoms with van der Waals surface area (Å²) in [6.45, 7) is 7.88. The summed E-state index contributed by atoms with van der Waals surface area (Å²) in [5, 5.41) is 0. The van der Waals surface area contributed by atoms with Gasteiger partial charge in [-0.15, -0.1) is 0 Å². The van der Waals surface area contributed by atoms with Gasteiger partial charge in [0.25, 0.3) is 0 Å². The molecule has 2 fully saturated rings. The number of carbonyl (C=O) groups excluding carboxylic acids is 2. The molecule has 0 radical (unpaired) electrons. The normalized spacial score (nSPS) is 19.2. The van der Waals surface area contributed by atoms with E-state index in [1.165, 1.54) is 0 Å². The third-order valence-corrected chi connectivity index (χ3v) is 5.37. The molecule has 1 spiro atoms. The summed E-state index contributed by atoms with van der Waals surface area (Å²) in [5.41, 5.74) is 0.299. The second kappa shape index (κ2) is 7.79. The lowest BCUT2D eigenvalue weighted by Crippen LogP contribution is -2.55. The molecule has 1 aromatic rings. The van der Waals surface area contributed by atoms with Gasteiger partial charge in [0, 0.05) is 25.2 Å². The summed E-state index contributed by atoms with van der Waals surface area (Å²) in [6.07, 6.45) is 2.98. The maximum Gasteiger partial charge on any atom is 0.410 e. The van der Waals surface area contributed by atoms with E-state index in [4.69, 9.17) is 9.47 Å². The van der Waals surface area contributed by atoms with Gasteiger partial charge in [-0.3, -0.25) is 0 Å². The molecule has 6 heteroatoms. The fraction of sp³-hybridized carbons (Fsp3) is 0.619. The van der Waals surface area contributed by atoms with Crippen LogP contribution in [0, 0.1) is 0 Å². The van der Waals surface area contributed by atoms with E-state index in [1.54, 1.807) is 4.90 Å². The highest BCUT2D eigenvalue weighted by Gasteiger charge is 2.47. The van der Waals surface area contributed by atoms with Crippen LogP contribution in [0.1, 0.15) is 52.0 Å². The van der Waals surface area contributed by atoms with Crippen molar-refractivity contribution in [2.75, 3.05) is 19.6 Å². The molecule has 0 bridgehead atoms. The highest BCUT2D eigenvalue weighted by Crippen LogP contribution is 2.39. The van der Waals surface area contributed by atoms with Crippen LogP contribution in [0.15, 0.2) is 30.3 Å². The van der Waals surface area contributed by atoms with Crippen LogP contribution in [-0.2, 0) is 16.1 Å². The van der Waals surface area contributed by atoms with Crippen molar-refractivity contribution in [3.63, 3.8) is 0 Å². The third-order valence-electron chi connectivity index (χ3n) is 5.37. The van der Waals surface area contributed by atoms with Crippen molar-refractivity contribution in [3.8, 4) is 0 Å². The molecular formula is C21H30N2O4. The second-order valence-corrected chi connectivity index (χ2v) is 8.49. The fourth-order valence-electron chi connectivity index (χ4n) is 3.98. The standard InChI is InChI=1S/C21H30N2O4/c1-20(2,3)27-19(25)23-13-7-10-21(23)11-14-22(15-12-21)18(24)26-16-17-8-5-4-6-9-17/h4-6,8-9H,7,10-16H2,1-3H3. The first-order chi connectivity index (χ1) is 12.8. The number of likely N-dealkylation sites (tertiary alicyclic amines) is 2. The van der Waals surface area contributed by atoms with E-state index < -0.39 is 5.60 Å². The average molecular weight is 374 g/mol. The molecule has 0 aromatic heterocycles. The van der Waals surface area contributed by atoms with Crippen molar-refractivity contribution < 1.29 is 19.1 Å². The fourth-order valence-corrected chi connectivity index (χ4v) is 3.98. The summed E-state index contributed by atoms with van der Waals surface area (Å²) in [4.78, 5) is 28.6. The van der Waals surface area contributed by atoms with Gasteiger partial charge in [-0.05, 0) is 52.0 Å². The van der Waals surface area contributed by atoms with Crippen molar-refractivity contribution in [2.24, 2.45) is 0 Å². The number of amides is 2. The zero-order chi connectivity index (χ0) is 19.5. The first kappa shape index (κ1) is 19.5. The maximum atomic E-state index is 12.6. The van der Waals surface area contributed by atoms with E-state index in [1.807, 2.05) is 56.0 Å². The first-order valence-electron chi connectivity index (χ1n) is 9.75. The van der Waals surface area contributed by atoms with Gasteiger partial charge in [-0.1, -0.05) is 30.3 Å². The molecule has 1 aromatic carbocycles. The van der Waals surface area contributed by atoms with E-state index >= 15 is 0 Å². The summed E-state index contributed by atoms with van der Waals surface area (Å²) >= 11 is 0. The Morgan fingerprint density at radius 2 is 1.67 bits per heavy atom. The molecule has 3 rings (SSSR count). The Balaban J connectivity index is 1.54. The van der Waals surface area contributed by atoms with E-state index in [0.29, 0.717) is 13.1 Å². The van der Waals surface area contributed by atoms with Crippen LogP contribution >= 0.6 is 0 Å². The number of hydrogen-bond acceptors (Lipinski definition) is 4. The number of hydrogen-bond donors (Lipinski definition) is 0. The molecule has 0 atom stereocenters. The van der Waals surface area contributed by atoms with Gasteiger partial charge in [-0.25, -0.2) is 9.59 Å². The number of benzene rings is 1. The quantitative estimate of drug-likeness (QED) is 0.779. The zero-order valence-electron chi connectivity index (χ0n) is 16.6. The minimum absolute atomic E-state index is 0.182. The van der Waals surface area contributed by atoms with Crippen molar-refractivity contribution >= 4 is 12.2 Å². The average Bonchev–Trinajstić information content (AvgIpc) is 3.03. The topological polar surface area (TPSA) is 59.1 Å². The predicted octanol–water partition coefficient (Wildman–Crippen LogP) is 4.19. The minimum atomic E-state index is -0.497. The van der Waals surface area contributed by atoms with Gasteiger partial charge in [0.15, 0.2) is 0 Å². The van der Waals surface area contributed by atoms with E-state index in [9.17, 15) is 9.59 Å². The molecule has 0 unspecified atom stereocenters. The number of carbonyl (C=O) groups is 2. The number of nitrogens with zero attached hydrogens (tertiary/aromatic N) is 2. The zero-order valence-corrected chi connectivity index (χ0v) is 16.6. The Morgan fingerprint density at radius 1 is 1.00 bits per heavy atom. The van der Waals surface area contributed by atoms with Crippen molar-refractivity contribution in [3.05, 3.63) is 35.9 Å². The third kappa shape index (κ3) is 4.73. The molecular weight excluding hydrogens is 344 g/mol. The molecule has 2 aliphatic rings. The molecule has 148 valence electrons. The lowest BCUT2D eigenvalue weighted by atomic mass is 9.85. The number of ether oxygens (including phenoxy) is 2. The molecule has 0 saturated carbocycles. The molecule has 2 heterocycles. The predicted molar refractivity (Wildman–Crippen MR) is 102 cm³/mol. The summed E-state index contributed by atoms with van der Waals surface area (Å²) in [6, 6.07) is 9.68. The highest BCUT2D eigenvalue weighted by molar-refractivity contribution is 5.70. The van der Waals surface area contributed by atoms with E-state index in [2.05, 4.69) is 0 Å². The van der Waals surface area contributed by atoms with Crippen LogP contribution < -0.4 is 0 Å². The van der Waals surface area contributed by atoms with Crippen molar-refractivity contribution in [1.82, 2.24) is 9.80 Å². The Labute approximate surface area is 161 Å². The molecule has 6 nitrogen and oxygen atoms in total. The smallest absolute Gasteiger partial charge is 0.410 e. The molecule has 2 saturated heterocycles. The summed E-state index contributed by atoms with van der Waals surface area (Å²) < 4.78 is 11.0. The van der Waals surface area contributed by atoms with Gasteiger partial charge in [0.05, 0.1) is 0 Å². The van der Waals surface area contributed by atoms with Crippen LogP contribution in [-0.4, -0.2) is 52.8 Å². The minimum Gasteiger partial charge on any atom is -0.445 e. The Bertz CT molecular complexity index is 661. The lowest BCUT2D eigenvalue weighted by molar-refractivity contribution is -0.00700. The SMILES string of the molecule is CC(C)(C)OC(=O)N1CCCC12CCN(C(=O)OCc1ccccc1)CC2. The van der Waals surface area contributed by atoms with E-state index in [-0.39, 0.29) is 24.3 Å². The van der Waals surface area contributed by atoms with E-state index in [0.717, 1.165) is 37.8 Å². The number of piperidine rings is 1. The Hall–Kier alpha value is -2.24. The van der Waals surface area contributed by atoms with Crippen molar-refractivity contribution in [1.29, 1.82) is 0 Å². The molecule has 27 heavy (non-hydrogen) atoms. The van der Waals surface area contributed by atoms with Crippen LogP contribution in [0.2, 0.25) is 0 Å². The maximum absolute atomic E-state index is 12.6. The molecule has 0 N–H and O–H groups in total. The van der Waals surface area contributed by atoms with Gasteiger partial charge in [0.2, 0.25) is 0 Å². The van der Waals surface area contributed by atoms with Gasteiger partial charge in [0.1, 0.15) is 12.2 Å². The van der Waals surface area contributed by atoms with Gasteiger partial charge >= 0.3 is 12.2 Å². The monoisotopic (exact) mass is 374 g/mol. The summed E-state index contributed by atoms with van der Waals surface area (Å²) in [5.74, 6) is 0. The molecule has 2 aliphatic heterocycles. The molecule has 2 amide bonds. The van der Waals surface area contributed by atoms with Crippen LogP contribution in [0.3, 0.4) is 0 Å². The summed E-state index contributed by atoms with van der Waals surface area (Å²) in [7, 11) is 0. The Kier molecular flexibility index (Phi) is 5.63. The van der Waals surface area contributed by atoms with Crippen LogP contribution in [0.5, 0.6) is 0 Å². The number of rotatable bonds is 2. The van der Waals surface area contributed by atoms with Crippen LogP contribution in [0.4, 0.5) is 9.59 Å². The Morgan fingerprint density at radius 3 is 2.30 bits per heavy atom.